The summed E-state index contributed by atoms with van der Waals surface area (Å²) in [4.78, 5) is 13.6. The Morgan fingerprint density at radius 2 is 2.40 bits per heavy atom. The molecule has 0 aliphatic heterocycles. The predicted octanol–water partition coefficient (Wildman–Crippen LogP) is 1.12. The summed E-state index contributed by atoms with van der Waals surface area (Å²) in [6.07, 6.45) is 4.26. The van der Waals surface area contributed by atoms with Gasteiger partial charge in [0.1, 0.15) is 5.76 Å². The van der Waals surface area contributed by atoms with Crippen LogP contribution in [0, 0.1) is 0 Å². The first-order chi connectivity index (χ1) is 7.12. The third-order valence-corrected chi connectivity index (χ3v) is 2.99. The van der Waals surface area contributed by atoms with Gasteiger partial charge in [-0.15, -0.1) is 0 Å². The number of nitrogens with zero attached hydrogens (tertiary/aromatic N) is 1. The fourth-order valence-electron chi connectivity index (χ4n) is 1.86. The fraction of sp³-hybridized carbons (Fsp3) is 0.545. The van der Waals surface area contributed by atoms with Crippen LogP contribution in [-0.2, 0) is 11.3 Å². The van der Waals surface area contributed by atoms with E-state index in [0.717, 1.165) is 25.0 Å². The van der Waals surface area contributed by atoms with Crippen LogP contribution in [0.2, 0.25) is 0 Å². The van der Waals surface area contributed by atoms with E-state index in [9.17, 15) is 4.79 Å². The second-order valence-corrected chi connectivity index (χ2v) is 4.25. The molecule has 1 fully saturated rings. The van der Waals surface area contributed by atoms with Crippen molar-refractivity contribution in [1.82, 2.24) is 4.90 Å². The van der Waals surface area contributed by atoms with Gasteiger partial charge in [0, 0.05) is 7.05 Å². The molecule has 1 saturated carbocycles. The zero-order valence-corrected chi connectivity index (χ0v) is 8.90. The van der Waals surface area contributed by atoms with Crippen LogP contribution in [0.3, 0.4) is 0 Å². The lowest BCUT2D eigenvalue weighted by atomic mass is 9.76. The molecule has 1 aliphatic carbocycles. The molecule has 1 aromatic rings. The van der Waals surface area contributed by atoms with Crippen molar-refractivity contribution in [2.24, 2.45) is 5.73 Å². The van der Waals surface area contributed by atoms with E-state index in [-0.39, 0.29) is 5.91 Å². The van der Waals surface area contributed by atoms with Crippen molar-refractivity contribution < 1.29 is 9.21 Å². The Morgan fingerprint density at radius 3 is 2.87 bits per heavy atom. The highest BCUT2D eigenvalue weighted by Gasteiger charge is 2.41. The van der Waals surface area contributed by atoms with E-state index >= 15 is 0 Å². The maximum Gasteiger partial charge on any atom is 0.242 e. The van der Waals surface area contributed by atoms with E-state index in [1.807, 2.05) is 12.1 Å². The number of rotatable bonds is 3. The molecule has 1 heterocycles. The maximum atomic E-state index is 11.9. The Bertz CT molecular complexity index is 341. The van der Waals surface area contributed by atoms with E-state index in [0.29, 0.717) is 6.54 Å². The maximum absolute atomic E-state index is 11.9. The summed E-state index contributed by atoms with van der Waals surface area (Å²) < 4.78 is 5.18. The minimum Gasteiger partial charge on any atom is -0.467 e. The smallest absolute Gasteiger partial charge is 0.242 e. The average molecular weight is 208 g/mol. The summed E-state index contributed by atoms with van der Waals surface area (Å²) in [5, 5.41) is 0. The molecule has 82 valence electrons. The topological polar surface area (TPSA) is 59.5 Å². The van der Waals surface area contributed by atoms with Gasteiger partial charge in [-0.1, -0.05) is 0 Å². The van der Waals surface area contributed by atoms with Crippen LogP contribution >= 0.6 is 0 Å². The lowest BCUT2D eigenvalue weighted by Crippen LogP contribution is -2.58. The summed E-state index contributed by atoms with van der Waals surface area (Å²) in [5.41, 5.74) is 5.34. The molecule has 0 aromatic carbocycles. The van der Waals surface area contributed by atoms with Gasteiger partial charge >= 0.3 is 0 Å². The Hall–Kier alpha value is -1.29. The molecular weight excluding hydrogens is 192 g/mol. The third kappa shape index (κ3) is 1.90. The van der Waals surface area contributed by atoms with Crippen molar-refractivity contribution in [2.75, 3.05) is 7.05 Å². The molecule has 4 heteroatoms. The molecule has 15 heavy (non-hydrogen) atoms. The Kier molecular flexibility index (Phi) is 2.52. The van der Waals surface area contributed by atoms with Gasteiger partial charge in [-0.3, -0.25) is 4.79 Å². The Labute approximate surface area is 89.0 Å². The molecule has 2 N–H and O–H groups in total. The molecular formula is C11H16N2O2. The summed E-state index contributed by atoms with van der Waals surface area (Å²) in [7, 11) is 1.76. The van der Waals surface area contributed by atoms with E-state index in [2.05, 4.69) is 0 Å². The van der Waals surface area contributed by atoms with Crippen LogP contribution < -0.4 is 5.73 Å². The molecule has 1 amide bonds. The van der Waals surface area contributed by atoms with Crippen LogP contribution in [0.4, 0.5) is 0 Å². The monoisotopic (exact) mass is 208 g/mol. The molecule has 4 nitrogen and oxygen atoms in total. The van der Waals surface area contributed by atoms with Crippen LogP contribution in [-0.4, -0.2) is 23.4 Å². The lowest BCUT2D eigenvalue weighted by molar-refractivity contribution is -0.139. The number of furan rings is 1. The molecule has 0 unspecified atom stereocenters. The van der Waals surface area contributed by atoms with Crippen LogP contribution in [0.1, 0.15) is 25.0 Å². The Morgan fingerprint density at radius 1 is 1.67 bits per heavy atom. The first kappa shape index (κ1) is 10.2. The summed E-state index contributed by atoms with van der Waals surface area (Å²) in [6.45, 7) is 0.491. The van der Waals surface area contributed by atoms with E-state index in [1.165, 1.54) is 0 Å². The highest BCUT2D eigenvalue weighted by Crippen LogP contribution is 2.30. The number of amides is 1. The van der Waals surface area contributed by atoms with Crippen molar-refractivity contribution in [3.63, 3.8) is 0 Å². The number of carbonyl (C=O) groups excluding carboxylic acids is 1. The van der Waals surface area contributed by atoms with Crippen molar-refractivity contribution in [3.05, 3.63) is 24.2 Å². The molecule has 1 aromatic heterocycles. The standard InChI is InChI=1S/C11H16N2O2/c1-13(8-9-4-2-7-15-9)10(14)11(12)5-3-6-11/h2,4,7H,3,5-6,8,12H2,1H3. The minimum absolute atomic E-state index is 0.0187. The van der Waals surface area contributed by atoms with Gasteiger partial charge in [0.15, 0.2) is 0 Å². The summed E-state index contributed by atoms with van der Waals surface area (Å²) in [5.74, 6) is 0.805. The highest BCUT2D eigenvalue weighted by atomic mass is 16.3. The van der Waals surface area contributed by atoms with Crippen LogP contribution in [0.15, 0.2) is 22.8 Å². The predicted molar refractivity (Wildman–Crippen MR) is 56.0 cm³/mol. The third-order valence-electron chi connectivity index (χ3n) is 2.99. The zero-order valence-electron chi connectivity index (χ0n) is 8.90. The van der Waals surface area contributed by atoms with Gasteiger partial charge in [0.05, 0.1) is 18.3 Å². The largest absolute Gasteiger partial charge is 0.467 e. The second-order valence-electron chi connectivity index (χ2n) is 4.25. The van der Waals surface area contributed by atoms with Crippen molar-refractivity contribution in [3.8, 4) is 0 Å². The van der Waals surface area contributed by atoms with E-state index < -0.39 is 5.54 Å². The lowest BCUT2D eigenvalue weighted by Gasteiger charge is -2.39. The first-order valence-corrected chi connectivity index (χ1v) is 5.19. The van der Waals surface area contributed by atoms with Crippen LogP contribution in [0.5, 0.6) is 0 Å². The Balaban J connectivity index is 1.96. The highest BCUT2D eigenvalue weighted by molar-refractivity contribution is 5.86. The number of carbonyl (C=O) groups is 1. The van der Waals surface area contributed by atoms with E-state index in [4.69, 9.17) is 10.2 Å². The minimum atomic E-state index is -0.610. The van der Waals surface area contributed by atoms with Gasteiger partial charge < -0.3 is 15.1 Å². The number of hydrogen-bond acceptors (Lipinski definition) is 3. The van der Waals surface area contributed by atoms with Gasteiger partial charge in [0.2, 0.25) is 5.91 Å². The SMILES string of the molecule is CN(Cc1ccco1)C(=O)C1(N)CCC1. The van der Waals surface area contributed by atoms with Gasteiger partial charge in [0.25, 0.3) is 0 Å². The van der Waals surface area contributed by atoms with Gasteiger partial charge in [-0.2, -0.15) is 0 Å². The van der Waals surface area contributed by atoms with Crippen molar-refractivity contribution in [1.29, 1.82) is 0 Å². The number of likely N-dealkylation sites (N-methyl/N-ethyl adjacent to an activating group) is 1. The first-order valence-electron chi connectivity index (χ1n) is 5.19. The summed E-state index contributed by atoms with van der Waals surface area (Å²) in [6, 6.07) is 3.67. The number of hydrogen-bond donors (Lipinski definition) is 1. The van der Waals surface area contributed by atoms with Crippen molar-refractivity contribution in [2.45, 2.75) is 31.3 Å². The van der Waals surface area contributed by atoms with Crippen molar-refractivity contribution >= 4 is 5.91 Å². The average Bonchev–Trinajstić information content (AvgIpc) is 2.65. The summed E-state index contributed by atoms with van der Waals surface area (Å²) >= 11 is 0. The molecule has 2 rings (SSSR count). The number of nitrogens with two attached hydrogens (primary N) is 1. The van der Waals surface area contributed by atoms with E-state index in [1.54, 1.807) is 18.2 Å². The second kappa shape index (κ2) is 3.70. The molecule has 1 aliphatic rings. The fourth-order valence-corrected chi connectivity index (χ4v) is 1.86. The molecule has 0 saturated heterocycles. The zero-order chi connectivity index (χ0) is 10.9. The molecule has 0 bridgehead atoms. The van der Waals surface area contributed by atoms with Gasteiger partial charge in [-0.05, 0) is 31.4 Å². The van der Waals surface area contributed by atoms with Crippen LogP contribution in [0.25, 0.3) is 0 Å². The molecule has 0 radical (unpaired) electrons. The molecule has 0 spiro atoms. The molecule has 0 atom stereocenters. The quantitative estimate of drug-likeness (QED) is 0.809. The normalized spacial score (nSPS) is 18.3. The van der Waals surface area contributed by atoms with Gasteiger partial charge in [-0.25, -0.2) is 0 Å².